The van der Waals surface area contributed by atoms with Crippen molar-refractivity contribution < 1.29 is 0 Å². The molecule has 1 atom stereocenters. The van der Waals surface area contributed by atoms with Gasteiger partial charge in [0.2, 0.25) is 0 Å². The molecule has 0 saturated carbocycles. The maximum Gasteiger partial charge on any atom is -0.0189 e. The van der Waals surface area contributed by atoms with Crippen LogP contribution in [0.1, 0.15) is 12.5 Å². The van der Waals surface area contributed by atoms with Gasteiger partial charge in [0.1, 0.15) is 0 Å². The zero-order chi connectivity index (χ0) is 12.1. The van der Waals surface area contributed by atoms with E-state index in [-0.39, 0.29) is 7.92 Å². The van der Waals surface area contributed by atoms with Crippen LogP contribution >= 0.6 is 7.92 Å². The standard InChI is InChI=1S/C16H17P/c1-3-14-9-8-12-16(13-14)17(4-2)15-10-6-5-7-11-15/h3,5-13H,1,4H2,2H3. The minimum Gasteiger partial charge on any atom is -0.0985 e. The van der Waals surface area contributed by atoms with Gasteiger partial charge >= 0.3 is 0 Å². The van der Waals surface area contributed by atoms with Crippen LogP contribution in [-0.2, 0) is 0 Å². The van der Waals surface area contributed by atoms with E-state index in [1.807, 2.05) is 6.08 Å². The van der Waals surface area contributed by atoms with Crippen molar-refractivity contribution in [2.45, 2.75) is 6.92 Å². The second kappa shape index (κ2) is 5.80. The van der Waals surface area contributed by atoms with E-state index in [4.69, 9.17) is 0 Å². The maximum atomic E-state index is 3.84. The fraction of sp³-hybridized carbons (Fsp3) is 0.125. The van der Waals surface area contributed by atoms with E-state index in [2.05, 4.69) is 68.1 Å². The molecule has 2 aromatic rings. The molecule has 0 bridgehead atoms. The molecule has 0 N–H and O–H groups in total. The van der Waals surface area contributed by atoms with Gasteiger partial charge in [-0.15, -0.1) is 0 Å². The van der Waals surface area contributed by atoms with Crippen LogP contribution < -0.4 is 10.6 Å². The molecule has 17 heavy (non-hydrogen) atoms. The van der Waals surface area contributed by atoms with E-state index in [9.17, 15) is 0 Å². The number of hydrogen-bond donors (Lipinski definition) is 0. The van der Waals surface area contributed by atoms with Gasteiger partial charge in [0.25, 0.3) is 0 Å². The summed E-state index contributed by atoms with van der Waals surface area (Å²) in [6.45, 7) is 6.10. The van der Waals surface area contributed by atoms with Crippen LogP contribution in [0.5, 0.6) is 0 Å². The third kappa shape index (κ3) is 2.84. The first kappa shape index (κ1) is 12.1. The van der Waals surface area contributed by atoms with Crippen molar-refractivity contribution in [2.75, 3.05) is 6.16 Å². The van der Waals surface area contributed by atoms with Crippen molar-refractivity contribution in [3.8, 4) is 0 Å². The number of rotatable bonds is 4. The summed E-state index contributed by atoms with van der Waals surface area (Å²) < 4.78 is 0. The Bertz CT molecular complexity index is 488. The SMILES string of the molecule is C=Cc1cccc(P(CC)c2ccccc2)c1. The van der Waals surface area contributed by atoms with E-state index >= 15 is 0 Å². The second-order valence-electron chi connectivity index (χ2n) is 3.88. The molecule has 0 saturated heterocycles. The summed E-state index contributed by atoms with van der Waals surface area (Å²) in [7, 11) is -0.218. The summed E-state index contributed by atoms with van der Waals surface area (Å²) in [4.78, 5) is 0. The topological polar surface area (TPSA) is 0 Å². The van der Waals surface area contributed by atoms with Crippen molar-refractivity contribution in [3.05, 3.63) is 66.7 Å². The monoisotopic (exact) mass is 240 g/mol. The molecule has 0 aliphatic heterocycles. The van der Waals surface area contributed by atoms with Crippen LogP contribution in [-0.4, -0.2) is 6.16 Å². The van der Waals surface area contributed by atoms with Gasteiger partial charge in [-0.3, -0.25) is 0 Å². The molecule has 0 aliphatic rings. The van der Waals surface area contributed by atoms with Crippen molar-refractivity contribution in [2.24, 2.45) is 0 Å². The molecular weight excluding hydrogens is 223 g/mol. The first-order valence-electron chi connectivity index (χ1n) is 5.90. The molecular formula is C16H17P. The van der Waals surface area contributed by atoms with E-state index in [0.29, 0.717) is 0 Å². The van der Waals surface area contributed by atoms with Gasteiger partial charge in [-0.2, -0.15) is 0 Å². The van der Waals surface area contributed by atoms with Crippen LogP contribution in [0, 0.1) is 0 Å². The highest BCUT2D eigenvalue weighted by Gasteiger charge is 2.10. The van der Waals surface area contributed by atoms with E-state index in [0.717, 1.165) is 0 Å². The lowest BCUT2D eigenvalue weighted by Crippen LogP contribution is -2.13. The maximum absolute atomic E-state index is 3.84. The summed E-state index contributed by atoms with van der Waals surface area (Å²) in [6, 6.07) is 19.5. The van der Waals surface area contributed by atoms with Crippen LogP contribution in [0.25, 0.3) is 6.08 Å². The molecule has 1 unspecified atom stereocenters. The van der Waals surface area contributed by atoms with Crippen LogP contribution in [0.4, 0.5) is 0 Å². The van der Waals surface area contributed by atoms with Gasteiger partial charge in [0.15, 0.2) is 0 Å². The van der Waals surface area contributed by atoms with Gasteiger partial charge in [0.05, 0.1) is 0 Å². The molecule has 0 fully saturated rings. The predicted molar refractivity (Wildman–Crippen MR) is 79.7 cm³/mol. The Labute approximate surface area is 105 Å². The largest absolute Gasteiger partial charge is 0.0985 e. The molecule has 0 amide bonds. The lowest BCUT2D eigenvalue weighted by molar-refractivity contribution is 1.50. The molecule has 2 aromatic carbocycles. The fourth-order valence-electron chi connectivity index (χ4n) is 1.94. The van der Waals surface area contributed by atoms with Crippen LogP contribution in [0.3, 0.4) is 0 Å². The van der Waals surface area contributed by atoms with Crippen LogP contribution in [0.2, 0.25) is 0 Å². The summed E-state index contributed by atoms with van der Waals surface area (Å²) in [5.74, 6) is 0. The molecule has 86 valence electrons. The third-order valence-electron chi connectivity index (χ3n) is 2.80. The lowest BCUT2D eigenvalue weighted by atomic mass is 10.2. The third-order valence-corrected chi connectivity index (χ3v) is 5.26. The van der Waals surface area contributed by atoms with Gasteiger partial charge in [0, 0.05) is 0 Å². The zero-order valence-corrected chi connectivity index (χ0v) is 11.0. The normalized spacial score (nSPS) is 12.1. The smallest absolute Gasteiger partial charge is 0.0189 e. The van der Waals surface area contributed by atoms with E-state index < -0.39 is 0 Å². The molecule has 2 rings (SSSR count). The first-order chi connectivity index (χ1) is 8.35. The van der Waals surface area contributed by atoms with Gasteiger partial charge in [-0.05, 0) is 36.3 Å². The molecule has 0 aliphatic carbocycles. The Morgan fingerprint density at radius 2 is 1.71 bits per heavy atom. The average Bonchev–Trinajstić information content (AvgIpc) is 2.41. The summed E-state index contributed by atoms with van der Waals surface area (Å²) >= 11 is 0. The molecule has 0 aromatic heterocycles. The fourth-order valence-corrected chi connectivity index (χ4v) is 4.07. The van der Waals surface area contributed by atoms with Gasteiger partial charge in [-0.25, -0.2) is 0 Å². The van der Waals surface area contributed by atoms with Crippen molar-refractivity contribution in [1.82, 2.24) is 0 Å². The molecule has 1 heteroatoms. The Balaban J connectivity index is 2.38. The van der Waals surface area contributed by atoms with Gasteiger partial charge < -0.3 is 0 Å². The molecule has 0 spiro atoms. The minimum absolute atomic E-state index is 0.218. The van der Waals surface area contributed by atoms with Crippen molar-refractivity contribution in [1.29, 1.82) is 0 Å². The highest BCUT2D eigenvalue weighted by molar-refractivity contribution is 7.72. The van der Waals surface area contributed by atoms with Gasteiger partial charge in [-0.1, -0.05) is 68.1 Å². The second-order valence-corrected chi connectivity index (χ2v) is 6.40. The van der Waals surface area contributed by atoms with E-state index in [1.165, 1.54) is 22.3 Å². The van der Waals surface area contributed by atoms with Crippen LogP contribution in [0.15, 0.2) is 61.2 Å². The van der Waals surface area contributed by atoms with Crippen molar-refractivity contribution >= 4 is 24.6 Å². The molecule has 0 heterocycles. The Morgan fingerprint density at radius 1 is 1.00 bits per heavy atom. The average molecular weight is 240 g/mol. The highest BCUT2D eigenvalue weighted by atomic mass is 31.1. The Kier molecular flexibility index (Phi) is 4.12. The summed E-state index contributed by atoms with van der Waals surface area (Å²) in [6.07, 6.45) is 3.09. The Hall–Kier alpha value is -1.39. The zero-order valence-electron chi connectivity index (χ0n) is 10.1. The molecule has 0 radical (unpaired) electrons. The number of hydrogen-bond acceptors (Lipinski definition) is 0. The summed E-state index contributed by atoms with van der Waals surface area (Å²) in [5.41, 5.74) is 1.21. The Morgan fingerprint density at radius 3 is 2.35 bits per heavy atom. The quantitative estimate of drug-likeness (QED) is 0.713. The predicted octanol–water partition coefficient (Wildman–Crippen LogP) is 3.78. The number of benzene rings is 2. The first-order valence-corrected chi connectivity index (χ1v) is 7.43. The van der Waals surface area contributed by atoms with Crippen molar-refractivity contribution in [3.63, 3.8) is 0 Å². The lowest BCUT2D eigenvalue weighted by Gasteiger charge is -2.16. The molecule has 0 nitrogen and oxygen atoms in total. The minimum atomic E-state index is -0.218. The highest BCUT2D eigenvalue weighted by Crippen LogP contribution is 2.32. The summed E-state index contributed by atoms with van der Waals surface area (Å²) in [5, 5.41) is 2.89. The van der Waals surface area contributed by atoms with E-state index in [1.54, 1.807) is 0 Å².